The van der Waals surface area contributed by atoms with Gasteiger partial charge in [0.2, 0.25) is 5.91 Å². The molecule has 1 heterocycles. The Balaban J connectivity index is 1.88. The third-order valence-electron chi connectivity index (χ3n) is 3.95. The average molecular weight is 343 g/mol. The summed E-state index contributed by atoms with van der Waals surface area (Å²) in [5.41, 5.74) is 4.32. The minimum absolute atomic E-state index is 0.109. The minimum Gasteiger partial charge on any atom is -0.466 e. The Bertz CT molecular complexity index is 723. The second kappa shape index (κ2) is 9.01. The Kier molecular flexibility index (Phi) is 6.74. The lowest BCUT2D eigenvalue weighted by Crippen LogP contribution is -2.28. The number of nitrogens with zero attached hydrogens (tertiary/aromatic N) is 2. The molecule has 2 rings (SSSR count). The van der Waals surface area contributed by atoms with E-state index in [1.54, 1.807) is 6.92 Å². The van der Waals surface area contributed by atoms with Crippen LogP contribution < -0.4 is 5.32 Å². The number of aromatic nitrogens is 2. The van der Waals surface area contributed by atoms with Gasteiger partial charge in [-0.2, -0.15) is 5.10 Å². The van der Waals surface area contributed by atoms with Crippen molar-refractivity contribution in [2.75, 3.05) is 13.2 Å². The van der Waals surface area contributed by atoms with E-state index in [-0.39, 0.29) is 24.7 Å². The van der Waals surface area contributed by atoms with Crippen LogP contribution in [0.4, 0.5) is 0 Å². The molecule has 0 fully saturated rings. The van der Waals surface area contributed by atoms with E-state index in [1.807, 2.05) is 36.7 Å². The molecular formula is C19H25N3O3. The van der Waals surface area contributed by atoms with Crippen LogP contribution in [0.25, 0.3) is 11.1 Å². The van der Waals surface area contributed by atoms with Gasteiger partial charge in [-0.1, -0.05) is 30.3 Å². The van der Waals surface area contributed by atoms with Gasteiger partial charge in [0, 0.05) is 24.2 Å². The van der Waals surface area contributed by atoms with Crippen LogP contribution in [0.3, 0.4) is 0 Å². The topological polar surface area (TPSA) is 73.2 Å². The van der Waals surface area contributed by atoms with Crippen LogP contribution >= 0.6 is 0 Å². The Labute approximate surface area is 148 Å². The Morgan fingerprint density at radius 1 is 1.16 bits per heavy atom. The summed E-state index contributed by atoms with van der Waals surface area (Å²) in [5, 5.41) is 7.39. The molecule has 1 amide bonds. The molecule has 2 aromatic rings. The number of carbonyl (C=O) groups excluding carboxylic acids is 2. The highest BCUT2D eigenvalue weighted by atomic mass is 16.5. The van der Waals surface area contributed by atoms with Gasteiger partial charge in [-0.05, 0) is 26.3 Å². The molecule has 0 aliphatic heterocycles. The SMILES string of the molecule is CCOC(=O)CCC(=O)NCCn1nc(C)c(-c2ccccc2)c1C. The molecule has 0 atom stereocenters. The maximum absolute atomic E-state index is 11.8. The summed E-state index contributed by atoms with van der Waals surface area (Å²) >= 11 is 0. The summed E-state index contributed by atoms with van der Waals surface area (Å²) in [7, 11) is 0. The summed E-state index contributed by atoms with van der Waals surface area (Å²) in [5.74, 6) is -0.499. The van der Waals surface area contributed by atoms with Crippen LogP contribution in [0, 0.1) is 13.8 Å². The molecule has 6 nitrogen and oxygen atoms in total. The van der Waals surface area contributed by atoms with Crippen molar-refractivity contribution in [2.24, 2.45) is 0 Å². The van der Waals surface area contributed by atoms with E-state index in [1.165, 1.54) is 0 Å². The molecule has 25 heavy (non-hydrogen) atoms. The Hall–Kier alpha value is -2.63. The molecule has 134 valence electrons. The number of aryl methyl sites for hydroxylation is 1. The monoisotopic (exact) mass is 343 g/mol. The van der Waals surface area contributed by atoms with E-state index in [9.17, 15) is 9.59 Å². The van der Waals surface area contributed by atoms with Gasteiger partial charge < -0.3 is 10.1 Å². The van der Waals surface area contributed by atoms with Gasteiger partial charge in [-0.3, -0.25) is 14.3 Å². The number of rotatable bonds is 8. The van der Waals surface area contributed by atoms with Crippen molar-refractivity contribution in [3.63, 3.8) is 0 Å². The number of hydrogen-bond acceptors (Lipinski definition) is 4. The van der Waals surface area contributed by atoms with E-state index >= 15 is 0 Å². The third-order valence-corrected chi connectivity index (χ3v) is 3.95. The van der Waals surface area contributed by atoms with Crippen LogP contribution in [0.15, 0.2) is 30.3 Å². The first-order valence-electron chi connectivity index (χ1n) is 8.54. The first kappa shape index (κ1) is 18.7. The third kappa shape index (κ3) is 5.17. The van der Waals surface area contributed by atoms with Crippen molar-refractivity contribution < 1.29 is 14.3 Å². The minimum atomic E-state index is -0.344. The lowest BCUT2D eigenvalue weighted by Gasteiger charge is -2.08. The van der Waals surface area contributed by atoms with Gasteiger partial charge in [0.1, 0.15) is 0 Å². The van der Waals surface area contributed by atoms with Gasteiger partial charge in [-0.25, -0.2) is 0 Å². The van der Waals surface area contributed by atoms with E-state index in [0.29, 0.717) is 19.7 Å². The van der Waals surface area contributed by atoms with Crippen LogP contribution in [0.1, 0.15) is 31.2 Å². The van der Waals surface area contributed by atoms with Crippen molar-refractivity contribution in [1.82, 2.24) is 15.1 Å². The number of ether oxygens (including phenoxy) is 1. The number of carbonyl (C=O) groups is 2. The summed E-state index contributed by atoms with van der Waals surface area (Å²) in [4.78, 5) is 23.0. The fourth-order valence-corrected chi connectivity index (χ4v) is 2.78. The molecule has 0 spiro atoms. The second-order valence-corrected chi connectivity index (χ2v) is 5.79. The zero-order chi connectivity index (χ0) is 18.2. The highest BCUT2D eigenvalue weighted by Crippen LogP contribution is 2.26. The van der Waals surface area contributed by atoms with Gasteiger partial charge >= 0.3 is 5.97 Å². The first-order chi connectivity index (χ1) is 12.0. The summed E-state index contributed by atoms with van der Waals surface area (Å²) in [6.45, 7) is 7.16. The number of esters is 1. The molecule has 0 radical (unpaired) electrons. The largest absolute Gasteiger partial charge is 0.466 e. The Morgan fingerprint density at radius 3 is 2.56 bits per heavy atom. The molecule has 1 aromatic heterocycles. The maximum atomic E-state index is 11.8. The maximum Gasteiger partial charge on any atom is 0.306 e. The van der Waals surface area contributed by atoms with Crippen LogP contribution in [-0.4, -0.2) is 34.8 Å². The van der Waals surface area contributed by atoms with E-state index in [4.69, 9.17) is 4.74 Å². The molecule has 0 aliphatic carbocycles. The molecule has 0 saturated carbocycles. The highest BCUT2D eigenvalue weighted by molar-refractivity contribution is 5.81. The van der Waals surface area contributed by atoms with Crippen molar-refractivity contribution >= 4 is 11.9 Å². The van der Waals surface area contributed by atoms with E-state index in [2.05, 4.69) is 22.5 Å². The molecule has 1 aromatic carbocycles. The van der Waals surface area contributed by atoms with Crippen molar-refractivity contribution in [2.45, 2.75) is 40.2 Å². The smallest absolute Gasteiger partial charge is 0.306 e. The van der Waals surface area contributed by atoms with Crippen LogP contribution in [0.2, 0.25) is 0 Å². The molecular weight excluding hydrogens is 318 g/mol. The number of nitrogens with one attached hydrogen (secondary N) is 1. The van der Waals surface area contributed by atoms with E-state index < -0.39 is 0 Å². The Morgan fingerprint density at radius 2 is 1.88 bits per heavy atom. The standard InChI is InChI=1S/C19H25N3O3/c1-4-25-18(24)11-10-17(23)20-12-13-22-15(3)19(14(2)21-22)16-8-6-5-7-9-16/h5-9H,4,10-13H2,1-3H3,(H,20,23). The summed E-state index contributed by atoms with van der Waals surface area (Å²) in [6.07, 6.45) is 0.253. The molecule has 0 unspecified atom stereocenters. The zero-order valence-corrected chi connectivity index (χ0v) is 15.0. The lowest BCUT2D eigenvalue weighted by atomic mass is 10.0. The first-order valence-corrected chi connectivity index (χ1v) is 8.54. The number of amides is 1. The van der Waals surface area contributed by atoms with Crippen molar-refractivity contribution in [3.05, 3.63) is 41.7 Å². The molecule has 0 aliphatic rings. The predicted molar refractivity (Wildman–Crippen MR) is 96.0 cm³/mol. The summed E-state index contributed by atoms with van der Waals surface area (Å²) < 4.78 is 6.71. The molecule has 1 N–H and O–H groups in total. The lowest BCUT2D eigenvalue weighted by molar-refractivity contribution is -0.144. The predicted octanol–water partition coefficient (Wildman–Crippen LogP) is 2.63. The second-order valence-electron chi connectivity index (χ2n) is 5.79. The zero-order valence-electron chi connectivity index (χ0n) is 15.0. The van der Waals surface area contributed by atoms with Crippen molar-refractivity contribution in [3.8, 4) is 11.1 Å². The normalized spacial score (nSPS) is 10.5. The van der Waals surface area contributed by atoms with Gasteiger partial charge in [0.15, 0.2) is 0 Å². The van der Waals surface area contributed by atoms with Crippen LogP contribution in [0.5, 0.6) is 0 Å². The number of hydrogen-bond donors (Lipinski definition) is 1. The van der Waals surface area contributed by atoms with Gasteiger partial charge in [0.25, 0.3) is 0 Å². The number of benzene rings is 1. The highest BCUT2D eigenvalue weighted by Gasteiger charge is 2.13. The molecule has 0 saturated heterocycles. The van der Waals surface area contributed by atoms with Crippen LogP contribution in [-0.2, 0) is 20.9 Å². The molecule has 0 bridgehead atoms. The molecule has 6 heteroatoms. The average Bonchev–Trinajstić information content (AvgIpc) is 2.88. The van der Waals surface area contributed by atoms with Crippen molar-refractivity contribution in [1.29, 1.82) is 0 Å². The fourth-order valence-electron chi connectivity index (χ4n) is 2.78. The quantitative estimate of drug-likeness (QED) is 0.748. The van der Waals surface area contributed by atoms with Gasteiger partial charge in [0.05, 0.1) is 25.3 Å². The van der Waals surface area contributed by atoms with Gasteiger partial charge in [-0.15, -0.1) is 0 Å². The summed E-state index contributed by atoms with van der Waals surface area (Å²) in [6, 6.07) is 10.1. The fraction of sp³-hybridized carbons (Fsp3) is 0.421. The van der Waals surface area contributed by atoms with E-state index in [0.717, 1.165) is 22.5 Å².